The summed E-state index contributed by atoms with van der Waals surface area (Å²) in [4.78, 5) is 3.28. The predicted octanol–water partition coefficient (Wildman–Crippen LogP) is 2.88. The zero-order valence-corrected chi connectivity index (χ0v) is 7.92. The zero-order chi connectivity index (χ0) is 9.26. The Morgan fingerprint density at radius 2 is 2.23 bits per heavy atom. The molecule has 1 heterocycles. The summed E-state index contributed by atoms with van der Waals surface area (Å²) in [5, 5.41) is 1.17. The standard InChI is InChI=1S/C11H13NO/c1-3-13-11-6-4-5-10-9(11)7-8(2)12-10/h4-7,12H,3H2,1-2H3. The van der Waals surface area contributed by atoms with Crippen LogP contribution >= 0.6 is 0 Å². The molecule has 0 amide bonds. The third-order valence-corrected chi connectivity index (χ3v) is 2.06. The Kier molecular flexibility index (Phi) is 1.97. The van der Waals surface area contributed by atoms with E-state index in [0.717, 1.165) is 11.3 Å². The lowest BCUT2D eigenvalue weighted by Crippen LogP contribution is -1.90. The van der Waals surface area contributed by atoms with Crippen molar-refractivity contribution in [2.45, 2.75) is 13.8 Å². The summed E-state index contributed by atoms with van der Waals surface area (Å²) in [6.07, 6.45) is 0. The molecule has 1 aromatic carbocycles. The molecule has 1 aromatic heterocycles. The van der Waals surface area contributed by atoms with Crippen LogP contribution in [-0.4, -0.2) is 11.6 Å². The maximum Gasteiger partial charge on any atom is 0.128 e. The molecule has 0 aliphatic heterocycles. The Balaban J connectivity index is 2.60. The highest BCUT2D eigenvalue weighted by Crippen LogP contribution is 2.25. The highest BCUT2D eigenvalue weighted by Gasteiger charge is 2.02. The first kappa shape index (κ1) is 8.17. The number of rotatable bonds is 2. The van der Waals surface area contributed by atoms with E-state index in [2.05, 4.69) is 24.0 Å². The van der Waals surface area contributed by atoms with Crippen molar-refractivity contribution < 1.29 is 4.74 Å². The van der Waals surface area contributed by atoms with E-state index in [1.54, 1.807) is 0 Å². The van der Waals surface area contributed by atoms with Gasteiger partial charge in [-0.1, -0.05) is 6.07 Å². The van der Waals surface area contributed by atoms with Crippen molar-refractivity contribution in [3.05, 3.63) is 30.0 Å². The Hall–Kier alpha value is -1.44. The first-order chi connectivity index (χ1) is 6.31. The minimum absolute atomic E-state index is 0.712. The van der Waals surface area contributed by atoms with Gasteiger partial charge in [0.05, 0.1) is 6.61 Å². The fourth-order valence-electron chi connectivity index (χ4n) is 1.55. The Morgan fingerprint density at radius 1 is 1.38 bits per heavy atom. The van der Waals surface area contributed by atoms with Crippen molar-refractivity contribution in [1.29, 1.82) is 0 Å². The van der Waals surface area contributed by atoms with Gasteiger partial charge in [0.15, 0.2) is 0 Å². The van der Waals surface area contributed by atoms with E-state index in [1.807, 2.05) is 19.1 Å². The molecular formula is C11H13NO. The maximum absolute atomic E-state index is 5.51. The van der Waals surface area contributed by atoms with Gasteiger partial charge >= 0.3 is 0 Å². The summed E-state index contributed by atoms with van der Waals surface area (Å²) in [5.41, 5.74) is 2.31. The van der Waals surface area contributed by atoms with E-state index in [0.29, 0.717) is 6.61 Å². The molecule has 2 aromatic rings. The van der Waals surface area contributed by atoms with E-state index < -0.39 is 0 Å². The quantitative estimate of drug-likeness (QED) is 0.745. The van der Waals surface area contributed by atoms with Gasteiger partial charge in [0, 0.05) is 16.6 Å². The largest absolute Gasteiger partial charge is 0.493 e. The van der Waals surface area contributed by atoms with Crippen molar-refractivity contribution in [3.8, 4) is 5.75 Å². The molecule has 1 N–H and O–H groups in total. The number of hydrogen-bond donors (Lipinski definition) is 1. The highest BCUT2D eigenvalue weighted by molar-refractivity contribution is 5.86. The highest BCUT2D eigenvalue weighted by atomic mass is 16.5. The second kappa shape index (κ2) is 3.13. The molecule has 0 fully saturated rings. The molecule has 0 aliphatic rings. The van der Waals surface area contributed by atoms with Crippen LogP contribution in [-0.2, 0) is 0 Å². The smallest absolute Gasteiger partial charge is 0.128 e. The van der Waals surface area contributed by atoms with Gasteiger partial charge < -0.3 is 9.72 Å². The molecule has 0 saturated carbocycles. The molecule has 0 spiro atoms. The molecular weight excluding hydrogens is 162 g/mol. The van der Waals surface area contributed by atoms with Crippen molar-refractivity contribution in [2.24, 2.45) is 0 Å². The van der Waals surface area contributed by atoms with Crippen molar-refractivity contribution in [2.75, 3.05) is 6.61 Å². The number of H-pyrrole nitrogens is 1. The van der Waals surface area contributed by atoms with Crippen molar-refractivity contribution in [3.63, 3.8) is 0 Å². The Morgan fingerprint density at radius 3 is 3.00 bits per heavy atom. The van der Waals surface area contributed by atoms with Gasteiger partial charge in [0.25, 0.3) is 0 Å². The lowest BCUT2D eigenvalue weighted by Gasteiger charge is -2.02. The number of fused-ring (bicyclic) bond motifs is 1. The molecule has 0 bridgehead atoms. The minimum Gasteiger partial charge on any atom is -0.493 e. The zero-order valence-electron chi connectivity index (χ0n) is 7.92. The van der Waals surface area contributed by atoms with Crippen LogP contribution in [0.1, 0.15) is 12.6 Å². The first-order valence-electron chi connectivity index (χ1n) is 4.52. The summed E-state index contributed by atoms with van der Waals surface area (Å²) in [6, 6.07) is 8.17. The van der Waals surface area contributed by atoms with Crippen molar-refractivity contribution >= 4 is 10.9 Å². The van der Waals surface area contributed by atoms with E-state index in [-0.39, 0.29) is 0 Å². The van der Waals surface area contributed by atoms with Gasteiger partial charge in [-0.05, 0) is 32.0 Å². The molecule has 0 unspecified atom stereocenters. The first-order valence-corrected chi connectivity index (χ1v) is 4.52. The third-order valence-electron chi connectivity index (χ3n) is 2.06. The molecule has 0 saturated heterocycles. The van der Waals surface area contributed by atoms with Crippen LogP contribution in [0.3, 0.4) is 0 Å². The Labute approximate surface area is 77.5 Å². The van der Waals surface area contributed by atoms with Gasteiger partial charge in [-0.15, -0.1) is 0 Å². The minimum atomic E-state index is 0.712. The van der Waals surface area contributed by atoms with E-state index in [1.165, 1.54) is 11.1 Å². The lowest BCUT2D eigenvalue weighted by atomic mass is 10.2. The average Bonchev–Trinajstić information content (AvgIpc) is 2.47. The van der Waals surface area contributed by atoms with Crippen LogP contribution < -0.4 is 4.74 Å². The van der Waals surface area contributed by atoms with Gasteiger partial charge in [-0.2, -0.15) is 0 Å². The predicted molar refractivity (Wildman–Crippen MR) is 54.2 cm³/mol. The third kappa shape index (κ3) is 1.39. The van der Waals surface area contributed by atoms with E-state index in [4.69, 9.17) is 4.74 Å². The van der Waals surface area contributed by atoms with Crippen LogP contribution in [0.25, 0.3) is 10.9 Å². The summed E-state index contributed by atoms with van der Waals surface area (Å²) in [6.45, 7) is 4.76. The topological polar surface area (TPSA) is 25.0 Å². The van der Waals surface area contributed by atoms with Crippen LogP contribution in [0, 0.1) is 6.92 Å². The number of aryl methyl sites for hydroxylation is 1. The molecule has 2 rings (SSSR count). The summed E-state index contributed by atoms with van der Waals surface area (Å²) >= 11 is 0. The number of nitrogens with one attached hydrogen (secondary N) is 1. The van der Waals surface area contributed by atoms with Crippen LogP contribution in [0.4, 0.5) is 0 Å². The number of aromatic amines is 1. The fraction of sp³-hybridized carbons (Fsp3) is 0.273. The van der Waals surface area contributed by atoms with Gasteiger partial charge in [0.1, 0.15) is 5.75 Å². The number of ether oxygens (including phenoxy) is 1. The average molecular weight is 175 g/mol. The Bertz CT molecular complexity index is 417. The van der Waals surface area contributed by atoms with Crippen molar-refractivity contribution in [1.82, 2.24) is 4.98 Å². The normalized spacial score (nSPS) is 10.6. The number of hydrogen-bond acceptors (Lipinski definition) is 1. The molecule has 2 nitrogen and oxygen atoms in total. The summed E-state index contributed by atoms with van der Waals surface area (Å²) in [7, 11) is 0. The van der Waals surface area contributed by atoms with Gasteiger partial charge in [0.2, 0.25) is 0 Å². The number of aromatic nitrogens is 1. The van der Waals surface area contributed by atoms with Crippen LogP contribution in [0.15, 0.2) is 24.3 Å². The van der Waals surface area contributed by atoms with E-state index in [9.17, 15) is 0 Å². The second-order valence-electron chi connectivity index (χ2n) is 3.10. The van der Waals surface area contributed by atoms with Crippen LogP contribution in [0.5, 0.6) is 5.75 Å². The summed E-state index contributed by atoms with van der Waals surface area (Å²) < 4.78 is 5.51. The van der Waals surface area contributed by atoms with Crippen LogP contribution in [0.2, 0.25) is 0 Å². The van der Waals surface area contributed by atoms with Gasteiger partial charge in [-0.25, -0.2) is 0 Å². The summed E-state index contributed by atoms with van der Waals surface area (Å²) in [5.74, 6) is 0.962. The lowest BCUT2D eigenvalue weighted by molar-refractivity contribution is 0.344. The molecule has 13 heavy (non-hydrogen) atoms. The number of benzene rings is 1. The molecule has 68 valence electrons. The SMILES string of the molecule is CCOc1cccc2[nH]c(C)cc12. The maximum atomic E-state index is 5.51. The van der Waals surface area contributed by atoms with Gasteiger partial charge in [-0.3, -0.25) is 0 Å². The van der Waals surface area contributed by atoms with E-state index >= 15 is 0 Å². The monoisotopic (exact) mass is 175 g/mol. The molecule has 2 heteroatoms. The molecule has 0 atom stereocenters. The molecule has 0 radical (unpaired) electrons. The molecule has 0 aliphatic carbocycles. The second-order valence-corrected chi connectivity index (χ2v) is 3.10. The fourth-order valence-corrected chi connectivity index (χ4v) is 1.55.